The first-order valence-electron chi connectivity index (χ1n) is 8.17. The molecule has 0 heterocycles. The summed E-state index contributed by atoms with van der Waals surface area (Å²) in [6.07, 6.45) is 0. The van der Waals surface area contributed by atoms with E-state index in [1.54, 1.807) is 12.1 Å². The van der Waals surface area contributed by atoms with E-state index in [4.69, 9.17) is 21.1 Å². The van der Waals surface area contributed by atoms with Crippen LogP contribution in [0.25, 0.3) is 0 Å². The van der Waals surface area contributed by atoms with Crippen molar-refractivity contribution < 1.29 is 14.3 Å². The van der Waals surface area contributed by atoms with Gasteiger partial charge in [0.05, 0.1) is 13.2 Å². The Kier molecular flexibility index (Phi) is 6.95. The molecule has 0 spiro atoms. The van der Waals surface area contributed by atoms with Crippen LogP contribution in [0.1, 0.15) is 18.1 Å². The van der Waals surface area contributed by atoms with Crippen molar-refractivity contribution in [2.45, 2.75) is 20.8 Å². The molecule has 5 nitrogen and oxygen atoms in total. The Hall–Kier alpha value is -2.40. The summed E-state index contributed by atoms with van der Waals surface area (Å²) in [6, 6.07) is 10.7. The number of carbonyl (C=O) groups is 1. The van der Waals surface area contributed by atoms with Gasteiger partial charge in [-0.05, 0) is 68.3 Å². The van der Waals surface area contributed by atoms with E-state index in [9.17, 15) is 4.79 Å². The van der Waals surface area contributed by atoms with Crippen LogP contribution in [0.5, 0.6) is 11.5 Å². The van der Waals surface area contributed by atoms with Gasteiger partial charge in [-0.2, -0.15) is 0 Å². The van der Waals surface area contributed by atoms with Crippen LogP contribution in [0.2, 0.25) is 5.02 Å². The van der Waals surface area contributed by atoms with Crippen LogP contribution in [0.15, 0.2) is 36.4 Å². The van der Waals surface area contributed by atoms with Gasteiger partial charge in [-0.15, -0.1) is 0 Å². The number of benzene rings is 2. The maximum Gasteiger partial charge on any atom is 0.319 e. The Morgan fingerprint density at radius 2 is 1.68 bits per heavy atom. The normalized spacial score (nSPS) is 10.2. The number of ether oxygens (including phenoxy) is 2. The van der Waals surface area contributed by atoms with E-state index in [0.717, 1.165) is 27.6 Å². The summed E-state index contributed by atoms with van der Waals surface area (Å²) < 4.78 is 11.0. The monoisotopic (exact) mass is 362 g/mol. The number of anilines is 1. The van der Waals surface area contributed by atoms with Crippen molar-refractivity contribution in [2.75, 3.05) is 25.1 Å². The summed E-state index contributed by atoms with van der Waals surface area (Å²) in [5, 5.41) is 6.26. The number of hydrogen-bond donors (Lipinski definition) is 2. The molecule has 0 atom stereocenters. The third-order valence-corrected chi connectivity index (χ3v) is 4.09. The molecule has 0 bridgehead atoms. The first-order valence-corrected chi connectivity index (χ1v) is 8.54. The molecule has 0 aromatic heterocycles. The molecule has 2 aromatic rings. The molecule has 0 aliphatic carbocycles. The Balaban J connectivity index is 1.73. The topological polar surface area (TPSA) is 59.6 Å². The summed E-state index contributed by atoms with van der Waals surface area (Å²) in [7, 11) is 0. The SMILES string of the molecule is CCOc1ccc(NC(=O)NCCOc2cc(C)c(Cl)c(C)c2)cc1. The predicted molar refractivity (Wildman–Crippen MR) is 101 cm³/mol. The largest absolute Gasteiger partial charge is 0.494 e. The van der Waals surface area contributed by atoms with E-state index in [1.807, 2.05) is 45.0 Å². The number of urea groups is 1. The van der Waals surface area contributed by atoms with Crippen LogP contribution in [0.3, 0.4) is 0 Å². The molecule has 0 radical (unpaired) electrons. The molecule has 25 heavy (non-hydrogen) atoms. The average molecular weight is 363 g/mol. The third-order valence-electron chi connectivity index (χ3n) is 3.49. The van der Waals surface area contributed by atoms with E-state index < -0.39 is 0 Å². The van der Waals surface area contributed by atoms with Crippen molar-refractivity contribution in [2.24, 2.45) is 0 Å². The summed E-state index contributed by atoms with van der Waals surface area (Å²) in [4.78, 5) is 11.9. The van der Waals surface area contributed by atoms with Crippen LogP contribution in [0, 0.1) is 13.8 Å². The van der Waals surface area contributed by atoms with Crippen molar-refractivity contribution in [1.82, 2.24) is 5.32 Å². The summed E-state index contributed by atoms with van der Waals surface area (Å²) in [5.74, 6) is 1.52. The highest BCUT2D eigenvalue weighted by Crippen LogP contribution is 2.25. The number of carbonyl (C=O) groups excluding carboxylic acids is 1. The average Bonchev–Trinajstić information content (AvgIpc) is 2.58. The molecule has 6 heteroatoms. The molecule has 2 N–H and O–H groups in total. The standard InChI is InChI=1S/C19H23ClN2O3/c1-4-24-16-7-5-15(6-8-16)22-19(23)21-9-10-25-17-11-13(2)18(20)14(3)12-17/h5-8,11-12H,4,9-10H2,1-3H3,(H2,21,22,23). The number of hydrogen-bond acceptors (Lipinski definition) is 3. The second kappa shape index (κ2) is 9.18. The lowest BCUT2D eigenvalue weighted by molar-refractivity contribution is 0.247. The molecule has 2 amide bonds. The van der Waals surface area contributed by atoms with Gasteiger partial charge in [-0.1, -0.05) is 11.6 Å². The smallest absolute Gasteiger partial charge is 0.319 e. The molecule has 0 aliphatic rings. The fourth-order valence-electron chi connectivity index (χ4n) is 2.30. The molecule has 2 aromatic carbocycles. The molecule has 0 saturated heterocycles. The molecule has 134 valence electrons. The third kappa shape index (κ3) is 5.87. The summed E-state index contributed by atoms with van der Waals surface area (Å²) in [5.41, 5.74) is 2.64. The minimum atomic E-state index is -0.281. The summed E-state index contributed by atoms with van der Waals surface area (Å²) in [6.45, 7) is 7.17. The fourth-order valence-corrected chi connectivity index (χ4v) is 2.41. The molecule has 0 saturated carbocycles. The molecule has 0 aliphatic heterocycles. The Labute approximate surface area is 153 Å². The van der Waals surface area contributed by atoms with Crippen LogP contribution < -0.4 is 20.1 Å². The first-order chi connectivity index (χ1) is 12.0. The number of rotatable bonds is 7. The lowest BCUT2D eigenvalue weighted by Gasteiger charge is -2.11. The van der Waals surface area contributed by atoms with Gasteiger partial charge in [-0.25, -0.2) is 4.79 Å². The molecular formula is C19H23ClN2O3. The maximum absolute atomic E-state index is 11.9. The summed E-state index contributed by atoms with van der Waals surface area (Å²) >= 11 is 6.13. The van der Waals surface area contributed by atoms with Gasteiger partial charge in [0.2, 0.25) is 0 Å². The second-order valence-corrected chi connectivity index (χ2v) is 5.94. The quantitative estimate of drug-likeness (QED) is 0.710. The van der Waals surface area contributed by atoms with Crippen LogP contribution in [-0.2, 0) is 0 Å². The van der Waals surface area contributed by atoms with Crippen LogP contribution >= 0.6 is 11.6 Å². The van der Waals surface area contributed by atoms with E-state index in [1.165, 1.54) is 0 Å². The van der Waals surface area contributed by atoms with Gasteiger partial charge in [0, 0.05) is 10.7 Å². The highest BCUT2D eigenvalue weighted by molar-refractivity contribution is 6.32. The van der Waals surface area contributed by atoms with Crippen LogP contribution in [-0.4, -0.2) is 25.8 Å². The van der Waals surface area contributed by atoms with E-state index >= 15 is 0 Å². The van der Waals surface area contributed by atoms with Crippen molar-refractivity contribution in [3.63, 3.8) is 0 Å². The number of halogens is 1. The highest BCUT2D eigenvalue weighted by atomic mass is 35.5. The zero-order valence-electron chi connectivity index (χ0n) is 14.7. The minimum Gasteiger partial charge on any atom is -0.494 e. The predicted octanol–water partition coefficient (Wildman–Crippen LogP) is 4.56. The van der Waals surface area contributed by atoms with E-state index in [0.29, 0.717) is 25.4 Å². The molecule has 0 fully saturated rings. The van der Waals surface area contributed by atoms with Gasteiger partial charge in [0.15, 0.2) is 0 Å². The van der Waals surface area contributed by atoms with Gasteiger partial charge in [-0.3, -0.25) is 0 Å². The van der Waals surface area contributed by atoms with Gasteiger partial charge in [0.1, 0.15) is 18.1 Å². The number of amides is 2. The van der Waals surface area contributed by atoms with E-state index in [-0.39, 0.29) is 6.03 Å². The van der Waals surface area contributed by atoms with Crippen molar-refractivity contribution in [1.29, 1.82) is 0 Å². The Morgan fingerprint density at radius 1 is 1.04 bits per heavy atom. The van der Waals surface area contributed by atoms with Gasteiger partial charge in [0.25, 0.3) is 0 Å². The second-order valence-electron chi connectivity index (χ2n) is 5.56. The van der Waals surface area contributed by atoms with Crippen molar-refractivity contribution in [3.8, 4) is 11.5 Å². The van der Waals surface area contributed by atoms with Gasteiger partial charge >= 0.3 is 6.03 Å². The maximum atomic E-state index is 11.9. The number of aryl methyl sites for hydroxylation is 2. The van der Waals surface area contributed by atoms with Crippen LogP contribution in [0.4, 0.5) is 10.5 Å². The Morgan fingerprint density at radius 3 is 2.28 bits per heavy atom. The van der Waals surface area contributed by atoms with Crippen molar-refractivity contribution >= 4 is 23.3 Å². The fraction of sp³-hybridized carbons (Fsp3) is 0.316. The van der Waals surface area contributed by atoms with Crippen molar-refractivity contribution in [3.05, 3.63) is 52.5 Å². The zero-order valence-corrected chi connectivity index (χ0v) is 15.4. The minimum absolute atomic E-state index is 0.281. The Bertz CT molecular complexity index is 694. The lowest BCUT2D eigenvalue weighted by Crippen LogP contribution is -2.32. The molecule has 0 unspecified atom stereocenters. The molecular weight excluding hydrogens is 340 g/mol. The molecule has 2 rings (SSSR count). The first kappa shape index (κ1) is 18.9. The number of nitrogens with one attached hydrogen (secondary N) is 2. The lowest BCUT2D eigenvalue weighted by atomic mass is 10.1. The van der Waals surface area contributed by atoms with E-state index in [2.05, 4.69) is 10.6 Å². The van der Waals surface area contributed by atoms with Gasteiger partial charge < -0.3 is 20.1 Å². The zero-order chi connectivity index (χ0) is 18.2. The highest BCUT2D eigenvalue weighted by Gasteiger charge is 2.05.